The number of carbonyl (C=O) groups excluding carboxylic acids is 2. The van der Waals surface area contributed by atoms with Gasteiger partial charge in [0.2, 0.25) is 11.1 Å². The average Bonchev–Trinajstić information content (AvgIpc) is 3.01. The van der Waals surface area contributed by atoms with Crippen molar-refractivity contribution in [1.29, 1.82) is 0 Å². The molecule has 0 saturated heterocycles. The van der Waals surface area contributed by atoms with Crippen molar-refractivity contribution >= 4 is 23.7 Å². The molecular weight excluding hydrogens is 328 g/mol. The summed E-state index contributed by atoms with van der Waals surface area (Å²) < 4.78 is 1.59. The van der Waals surface area contributed by atoms with Gasteiger partial charge in [-0.25, -0.2) is 4.79 Å². The summed E-state index contributed by atoms with van der Waals surface area (Å²) in [7, 11) is 0. The van der Waals surface area contributed by atoms with Crippen LogP contribution in [0.25, 0.3) is 5.69 Å². The number of tetrazole rings is 1. The van der Waals surface area contributed by atoms with Crippen LogP contribution in [-0.2, 0) is 4.79 Å². The molecule has 0 fully saturated rings. The normalized spacial score (nSPS) is 10.5. The first-order valence-corrected chi connectivity index (χ1v) is 8.56. The lowest BCUT2D eigenvalue weighted by molar-refractivity contribution is -0.117. The lowest BCUT2D eigenvalue weighted by atomic mass is 10.1. The number of carbonyl (C=O) groups is 2. The number of urea groups is 1. The molecule has 1 heterocycles. The highest BCUT2D eigenvalue weighted by atomic mass is 32.2. The maximum Gasteiger partial charge on any atom is 0.321 e. The van der Waals surface area contributed by atoms with E-state index < -0.39 is 11.9 Å². The quantitative estimate of drug-likeness (QED) is 0.769. The maximum atomic E-state index is 11.8. The van der Waals surface area contributed by atoms with E-state index in [-0.39, 0.29) is 5.75 Å². The fourth-order valence-corrected chi connectivity index (χ4v) is 2.63. The van der Waals surface area contributed by atoms with Gasteiger partial charge in [-0.1, -0.05) is 30.8 Å². The van der Waals surface area contributed by atoms with Crippen molar-refractivity contribution in [3.8, 4) is 5.69 Å². The van der Waals surface area contributed by atoms with Gasteiger partial charge in [-0.2, -0.15) is 4.68 Å². The lowest BCUT2D eigenvalue weighted by Crippen LogP contribution is -2.40. The molecule has 24 heavy (non-hydrogen) atoms. The van der Waals surface area contributed by atoms with Crippen LogP contribution in [0.4, 0.5) is 4.79 Å². The fourth-order valence-electron chi connectivity index (χ4n) is 1.94. The number of rotatable bonds is 6. The Morgan fingerprint density at radius 3 is 2.83 bits per heavy atom. The smallest absolute Gasteiger partial charge is 0.321 e. The summed E-state index contributed by atoms with van der Waals surface area (Å²) >= 11 is 1.17. The number of nitrogens with zero attached hydrogens (tertiary/aromatic N) is 4. The topological polar surface area (TPSA) is 102 Å². The van der Waals surface area contributed by atoms with E-state index in [2.05, 4.69) is 26.2 Å². The van der Waals surface area contributed by atoms with Gasteiger partial charge < -0.3 is 5.32 Å². The number of hydrogen-bond donors (Lipinski definition) is 2. The Morgan fingerprint density at radius 2 is 2.08 bits per heavy atom. The Hall–Kier alpha value is -2.42. The van der Waals surface area contributed by atoms with Gasteiger partial charge in [0, 0.05) is 6.54 Å². The summed E-state index contributed by atoms with van der Waals surface area (Å²) in [6, 6.07) is 5.49. The number of imide groups is 1. The maximum absolute atomic E-state index is 11.8. The number of thioether (sulfide) groups is 1. The highest BCUT2D eigenvalue weighted by Crippen LogP contribution is 2.21. The first-order chi connectivity index (χ1) is 11.5. The van der Waals surface area contributed by atoms with E-state index in [0.717, 1.165) is 23.2 Å². The SMILES string of the molecule is CCCNC(=O)NC(=O)CSc1nnnn1-c1cc(C)ccc1C. The van der Waals surface area contributed by atoms with E-state index >= 15 is 0 Å². The van der Waals surface area contributed by atoms with Gasteiger partial charge in [-0.3, -0.25) is 10.1 Å². The second-order valence-electron chi connectivity index (χ2n) is 5.26. The highest BCUT2D eigenvalue weighted by molar-refractivity contribution is 7.99. The van der Waals surface area contributed by atoms with Crippen molar-refractivity contribution in [3.05, 3.63) is 29.3 Å². The van der Waals surface area contributed by atoms with Crippen LogP contribution in [0.3, 0.4) is 0 Å². The third-order valence-electron chi connectivity index (χ3n) is 3.15. The number of hydrogen-bond acceptors (Lipinski definition) is 6. The predicted molar refractivity (Wildman–Crippen MR) is 91.2 cm³/mol. The van der Waals surface area contributed by atoms with E-state index in [1.54, 1.807) is 4.68 Å². The van der Waals surface area contributed by atoms with Gasteiger partial charge in [-0.05, 0) is 47.9 Å². The molecule has 0 unspecified atom stereocenters. The Morgan fingerprint density at radius 1 is 1.29 bits per heavy atom. The lowest BCUT2D eigenvalue weighted by Gasteiger charge is -2.08. The molecule has 0 aliphatic heterocycles. The molecule has 2 aromatic rings. The molecule has 1 aromatic heterocycles. The molecule has 2 rings (SSSR count). The van der Waals surface area contributed by atoms with E-state index in [9.17, 15) is 9.59 Å². The first-order valence-electron chi connectivity index (χ1n) is 7.57. The summed E-state index contributed by atoms with van der Waals surface area (Å²) in [6.45, 7) is 6.42. The van der Waals surface area contributed by atoms with Crippen LogP contribution >= 0.6 is 11.8 Å². The van der Waals surface area contributed by atoms with Crippen LogP contribution in [0.2, 0.25) is 0 Å². The molecule has 3 amide bonds. The van der Waals surface area contributed by atoms with Crippen LogP contribution in [0, 0.1) is 13.8 Å². The molecule has 0 aliphatic carbocycles. The molecule has 0 atom stereocenters. The molecule has 8 nitrogen and oxygen atoms in total. The van der Waals surface area contributed by atoms with Crippen LogP contribution in [0.5, 0.6) is 0 Å². The van der Waals surface area contributed by atoms with E-state index in [0.29, 0.717) is 11.7 Å². The molecule has 2 N–H and O–H groups in total. The minimum absolute atomic E-state index is 0.0464. The van der Waals surface area contributed by atoms with Crippen molar-refractivity contribution < 1.29 is 9.59 Å². The Labute approximate surface area is 144 Å². The molecular formula is C15H20N6O2S. The van der Waals surface area contributed by atoms with E-state index in [1.165, 1.54) is 11.8 Å². The fraction of sp³-hybridized carbons (Fsp3) is 0.400. The molecule has 1 aromatic carbocycles. The molecule has 128 valence electrons. The van der Waals surface area contributed by atoms with Crippen molar-refractivity contribution in [2.45, 2.75) is 32.3 Å². The van der Waals surface area contributed by atoms with Crippen molar-refractivity contribution in [2.24, 2.45) is 0 Å². The third kappa shape index (κ3) is 4.79. The summed E-state index contributed by atoms with van der Waals surface area (Å²) in [4.78, 5) is 23.3. The Bertz CT molecular complexity index is 731. The molecule has 0 radical (unpaired) electrons. The molecule has 0 aliphatic rings. The number of aryl methyl sites for hydroxylation is 2. The minimum Gasteiger partial charge on any atom is -0.338 e. The van der Waals surface area contributed by atoms with Gasteiger partial charge in [0.1, 0.15) is 0 Å². The summed E-state index contributed by atoms with van der Waals surface area (Å²) in [5.74, 6) is -0.353. The van der Waals surface area contributed by atoms with Crippen LogP contribution in [0.15, 0.2) is 23.4 Å². The van der Waals surface area contributed by atoms with E-state index in [4.69, 9.17) is 0 Å². The molecule has 0 bridgehead atoms. The van der Waals surface area contributed by atoms with Gasteiger partial charge in [0.25, 0.3) is 0 Å². The number of amides is 3. The molecule has 9 heteroatoms. The second-order valence-corrected chi connectivity index (χ2v) is 6.20. The van der Waals surface area contributed by atoms with Crippen molar-refractivity contribution in [1.82, 2.24) is 30.8 Å². The largest absolute Gasteiger partial charge is 0.338 e. The molecule has 0 saturated carbocycles. The zero-order valence-electron chi connectivity index (χ0n) is 13.9. The van der Waals surface area contributed by atoms with E-state index in [1.807, 2.05) is 39.0 Å². The summed E-state index contributed by atoms with van der Waals surface area (Å²) in [5.41, 5.74) is 2.98. The Balaban J connectivity index is 2.00. The van der Waals surface area contributed by atoms with Gasteiger partial charge in [0.15, 0.2) is 0 Å². The van der Waals surface area contributed by atoms with Gasteiger partial charge >= 0.3 is 6.03 Å². The minimum atomic E-state index is -0.489. The number of benzene rings is 1. The molecule has 0 spiro atoms. The van der Waals surface area contributed by atoms with Crippen molar-refractivity contribution in [3.63, 3.8) is 0 Å². The zero-order valence-corrected chi connectivity index (χ0v) is 14.7. The third-order valence-corrected chi connectivity index (χ3v) is 4.07. The average molecular weight is 348 g/mol. The predicted octanol–water partition coefficient (Wildman–Crippen LogP) is 1.61. The summed E-state index contributed by atoms with van der Waals surface area (Å²) in [5, 5.41) is 17.0. The van der Waals surface area contributed by atoms with Gasteiger partial charge in [-0.15, -0.1) is 5.10 Å². The second kappa shape index (κ2) is 8.44. The number of aromatic nitrogens is 4. The summed E-state index contributed by atoms with van der Waals surface area (Å²) in [6.07, 6.45) is 0.807. The monoisotopic (exact) mass is 348 g/mol. The standard InChI is InChI=1S/C15H20N6O2S/c1-4-7-16-14(23)17-13(22)9-24-15-18-19-20-21(15)12-8-10(2)5-6-11(12)3/h5-6,8H,4,7,9H2,1-3H3,(H2,16,17,22,23). The zero-order chi connectivity index (χ0) is 17.5. The van der Waals surface area contributed by atoms with Crippen molar-refractivity contribution in [2.75, 3.05) is 12.3 Å². The highest BCUT2D eigenvalue weighted by Gasteiger charge is 2.14. The van der Waals surface area contributed by atoms with Crippen LogP contribution in [-0.4, -0.2) is 44.4 Å². The number of nitrogens with one attached hydrogen (secondary N) is 2. The first kappa shape index (κ1) is 17.9. The Kier molecular flexibility index (Phi) is 6.30. The van der Waals surface area contributed by atoms with Crippen LogP contribution in [0.1, 0.15) is 24.5 Å². The van der Waals surface area contributed by atoms with Crippen LogP contribution < -0.4 is 10.6 Å². The van der Waals surface area contributed by atoms with Gasteiger partial charge in [0.05, 0.1) is 11.4 Å².